The molecule has 1 heterocycles. The fraction of sp³-hybridized carbons (Fsp3) is 0.286. The maximum absolute atomic E-state index is 2.32. The lowest BCUT2D eigenvalue weighted by Gasteiger charge is -2.06. The SMILES string of the molecule is CCc1cc(CC)cc(-c2ccsc2)c1. The van der Waals surface area contributed by atoms with Crippen LogP contribution in [0.4, 0.5) is 0 Å². The fourth-order valence-electron chi connectivity index (χ4n) is 1.77. The van der Waals surface area contributed by atoms with Gasteiger partial charge >= 0.3 is 0 Å². The second-order valence-corrected chi connectivity index (χ2v) is 4.54. The van der Waals surface area contributed by atoms with Crippen molar-refractivity contribution in [3.8, 4) is 11.1 Å². The lowest BCUT2D eigenvalue weighted by molar-refractivity contribution is 1.09. The van der Waals surface area contributed by atoms with Gasteiger partial charge in [-0.25, -0.2) is 0 Å². The molecule has 0 fully saturated rings. The van der Waals surface area contributed by atoms with Gasteiger partial charge in [-0.3, -0.25) is 0 Å². The molecule has 0 spiro atoms. The highest BCUT2D eigenvalue weighted by Crippen LogP contribution is 2.25. The van der Waals surface area contributed by atoms with Crippen LogP contribution in [0.25, 0.3) is 11.1 Å². The molecule has 0 saturated carbocycles. The minimum atomic E-state index is 1.12. The van der Waals surface area contributed by atoms with Crippen LogP contribution >= 0.6 is 11.3 Å². The molecule has 0 aliphatic heterocycles. The van der Waals surface area contributed by atoms with Gasteiger partial charge in [0, 0.05) is 0 Å². The Labute approximate surface area is 95.6 Å². The molecule has 2 rings (SSSR count). The van der Waals surface area contributed by atoms with Crippen LogP contribution in [0, 0.1) is 0 Å². The van der Waals surface area contributed by atoms with Gasteiger partial charge in [-0.2, -0.15) is 11.3 Å². The lowest BCUT2D eigenvalue weighted by atomic mass is 9.99. The molecule has 1 aromatic heterocycles. The highest BCUT2D eigenvalue weighted by Gasteiger charge is 2.01. The Kier molecular flexibility index (Phi) is 3.22. The first-order valence-corrected chi connectivity index (χ1v) is 6.43. The zero-order chi connectivity index (χ0) is 10.7. The van der Waals surface area contributed by atoms with E-state index >= 15 is 0 Å². The Balaban J connectivity index is 2.47. The average molecular weight is 216 g/mol. The molecule has 1 aromatic carbocycles. The van der Waals surface area contributed by atoms with Crippen molar-refractivity contribution in [3.63, 3.8) is 0 Å². The highest BCUT2D eigenvalue weighted by molar-refractivity contribution is 7.08. The van der Waals surface area contributed by atoms with Gasteiger partial charge in [0.05, 0.1) is 0 Å². The van der Waals surface area contributed by atoms with Crippen LogP contribution in [0.3, 0.4) is 0 Å². The predicted octanol–water partition coefficient (Wildman–Crippen LogP) is 4.54. The molecule has 0 saturated heterocycles. The molecule has 1 heteroatoms. The largest absolute Gasteiger partial charge is 0.152 e. The number of aryl methyl sites for hydroxylation is 2. The summed E-state index contributed by atoms with van der Waals surface area (Å²) in [6.07, 6.45) is 2.23. The van der Waals surface area contributed by atoms with Crippen LogP contribution in [-0.2, 0) is 12.8 Å². The Bertz CT molecular complexity index is 404. The molecular formula is C14H16S. The van der Waals surface area contributed by atoms with Crippen molar-refractivity contribution in [1.29, 1.82) is 0 Å². The first-order chi connectivity index (χ1) is 7.33. The second-order valence-electron chi connectivity index (χ2n) is 3.76. The molecule has 15 heavy (non-hydrogen) atoms. The molecule has 2 aromatic rings. The van der Waals surface area contributed by atoms with Crippen LogP contribution in [0.5, 0.6) is 0 Å². The number of rotatable bonds is 3. The van der Waals surface area contributed by atoms with Gasteiger partial charge in [0.1, 0.15) is 0 Å². The summed E-state index contributed by atoms with van der Waals surface area (Å²) < 4.78 is 0. The molecule has 0 aliphatic carbocycles. The fourth-order valence-corrected chi connectivity index (χ4v) is 2.43. The Hall–Kier alpha value is -1.08. The van der Waals surface area contributed by atoms with Crippen molar-refractivity contribution < 1.29 is 0 Å². The van der Waals surface area contributed by atoms with Gasteiger partial charge in [-0.1, -0.05) is 32.0 Å². The van der Waals surface area contributed by atoms with E-state index in [4.69, 9.17) is 0 Å². The molecule has 0 radical (unpaired) electrons. The van der Waals surface area contributed by atoms with Crippen LogP contribution in [0.1, 0.15) is 25.0 Å². The zero-order valence-corrected chi connectivity index (χ0v) is 10.1. The van der Waals surface area contributed by atoms with Gasteiger partial charge in [0.15, 0.2) is 0 Å². The summed E-state index contributed by atoms with van der Waals surface area (Å²) in [5, 5.41) is 4.35. The van der Waals surface area contributed by atoms with E-state index in [1.165, 1.54) is 22.3 Å². The third-order valence-electron chi connectivity index (χ3n) is 2.72. The van der Waals surface area contributed by atoms with E-state index in [1.54, 1.807) is 11.3 Å². The van der Waals surface area contributed by atoms with Crippen molar-refractivity contribution in [1.82, 2.24) is 0 Å². The Morgan fingerprint density at radius 1 is 0.933 bits per heavy atom. The molecule has 0 bridgehead atoms. The van der Waals surface area contributed by atoms with Crippen LogP contribution in [0.2, 0.25) is 0 Å². The minimum Gasteiger partial charge on any atom is -0.152 e. The first-order valence-electron chi connectivity index (χ1n) is 5.49. The van der Waals surface area contributed by atoms with Crippen molar-refractivity contribution in [2.75, 3.05) is 0 Å². The highest BCUT2D eigenvalue weighted by atomic mass is 32.1. The first kappa shape index (κ1) is 10.4. The summed E-state index contributed by atoms with van der Waals surface area (Å²) >= 11 is 1.76. The summed E-state index contributed by atoms with van der Waals surface area (Å²) in [5.41, 5.74) is 5.60. The quantitative estimate of drug-likeness (QED) is 0.706. The molecule has 0 atom stereocenters. The van der Waals surface area contributed by atoms with Crippen LogP contribution in [0.15, 0.2) is 35.0 Å². The third kappa shape index (κ3) is 2.29. The van der Waals surface area contributed by atoms with E-state index in [2.05, 4.69) is 48.9 Å². The van der Waals surface area contributed by atoms with Crippen molar-refractivity contribution >= 4 is 11.3 Å². The van der Waals surface area contributed by atoms with E-state index in [0.717, 1.165) is 12.8 Å². The lowest BCUT2D eigenvalue weighted by Crippen LogP contribution is -1.87. The molecule has 0 aliphatic rings. The van der Waals surface area contributed by atoms with Gasteiger partial charge < -0.3 is 0 Å². The van der Waals surface area contributed by atoms with Crippen LogP contribution < -0.4 is 0 Å². The summed E-state index contributed by atoms with van der Waals surface area (Å²) in [4.78, 5) is 0. The monoisotopic (exact) mass is 216 g/mol. The standard InChI is InChI=1S/C14H16S/c1-3-11-7-12(4-2)9-14(8-11)13-5-6-15-10-13/h5-10H,3-4H2,1-2H3. The van der Waals surface area contributed by atoms with Gasteiger partial charge in [0.25, 0.3) is 0 Å². The van der Waals surface area contributed by atoms with Gasteiger partial charge in [-0.15, -0.1) is 0 Å². The number of thiophene rings is 1. The van der Waals surface area contributed by atoms with Crippen molar-refractivity contribution in [2.24, 2.45) is 0 Å². The van der Waals surface area contributed by atoms with Gasteiger partial charge in [0.2, 0.25) is 0 Å². The minimum absolute atomic E-state index is 1.12. The number of hydrogen-bond acceptors (Lipinski definition) is 1. The van der Waals surface area contributed by atoms with Crippen molar-refractivity contribution in [2.45, 2.75) is 26.7 Å². The zero-order valence-electron chi connectivity index (χ0n) is 9.29. The molecule has 0 nitrogen and oxygen atoms in total. The van der Waals surface area contributed by atoms with E-state index in [-0.39, 0.29) is 0 Å². The third-order valence-corrected chi connectivity index (χ3v) is 3.41. The maximum atomic E-state index is 2.32. The maximum Gasteiger partial charge on any atom is -0.00147 e. The predicted molar refractivity (Wildman–Crippen MR) is 68.5 cm³/mol. The topological polar surface area (TPSA) is 0 Å². The summed E-state index contributed by atoms with van der Waals surface area (Å²) in [7, 11) is 0. The summed E-state index contributed by atoms with van der Waals surface area (Å²) in [6.45, 7) is 4.43. The van der Waals surface area contributed by atoms with E-state index in [9.17, 15) is 0 Å². The van der Waals surface area contributed by atoms with E-state index in [1.807, 2.05) is 0 Å². The number of benzene rings is 1. The van der Waals surface area contributed by atoms with Gasteiger partial charge in [-0.05, 0) is 51.9 Å². The molecule has 0 N–H and O–H groups in total. The summed E-state index contributed by atoms with van der Waals surface area (Å²) in [5.74, 6) is 0. The van der Waals surface area contributed by atoms with Crippen LogP contribution in [-0.4, -0.2) is 0 Å². The molecule has 78 valence electrons. The van der Waals surface area contributed by atoms with Crippen molar-refractivity contribution in [3.05, 3.63) is 46.2 Å². The molecule has 0 amide bonds. The normalized spacial score (nSPS) is 10.5. The second kappa shape index (κ2) is 4.63. The average Bonchev–Trinajstić information content (AvgIpc) is 2.81. The Morgan fingerprint density at radius 3 is 2.07 bits per heavy atom. The molecule has 0 unspecified atom stereocenters. The van der Waals surface area contributed by atoms with E-state index in [0.29, 0.717) is 0 Å². The summed E-state index contributed by atoms with van der Waals surface area (Å²) in [6, 6.07) is 9.12. The van der Waals surface area contributed by atoms with E-state index < -0.39 is 0 Å². The smallest absolute Gasteiger partial charge is 0.00147 e. The molecular weight excluding hydrogens is 200 g/mol. The Morgan fingerprint density at radius 2 is 1.60 bits per heavy atom. The number of hydrogen-bond donors (Lipinski definition) is 0.